The van der Waals surface area contributed by atoms with Crippen LogP contribution in [0.1, 0.15) is 29.8 Å². The normalized spacial score (nSPS) is 12.0. The van der Waals surface area contributed by atoms with Crippen LogP contribution in [-0.4, -0.2) is 33.6 Å². The van der Waals surface area contributed by atoms with Crippen LogP contribution in [0.2, 0.25) is 5.02 Å². The Morgan fingerprint density at radius 1 is 1.26 bits per heavy atom. The lowest BCUT2D eigenvalue weighted by molar-refractivity contribution is 0.0923. The van der Waals surface area contributed by atoms with E-state index >= 15 is 0 Å². The fourth-order valence-electron chi connectivity index (χ4n) is 2.90. The Hall–Kier alpha value is -3.29. The molecule has 2 heterocycles. The fourth-order valence-corrected chi connectivity index (χ4v) is 3.08. The van der Waals surface area contributed by atoms with Gasteiger partial charge in [0, 0.05) is 46.5 Å². The van der Waals surface area contributed by atoms with Crippen LogP contribution in [0.5, 0.6) is 0 Å². The second kappa shape index (κ2) is 10.1. The molecule has 0 spiro atoms. The Balaban J connectivity index is 2.03. The molecule has 8 heteroatoms. The molecule has 0 aliphatic rings. The van der Waals surface area contributed by atoms with Crippen LogP contribution < -0.4 is 10.6 Å². The van der Waals surface area contributed by atoms with Gasteiger partial charge in [0.05, 0.1) is 23.6 Å². The smallest absolute Gasteiger partial charge is 0.255 e. The summed E-state index contributed by atoms with van der Waals surface area (Å²) >= 11 is 6.04. The molecule has 0 bridgehead atoms. The lowest BCUT2D eigenvalue weighted by atomic mass is 10.1. The van der Waals surface area contributed by atoms with Crippen LogP contribution in [0, 0.1) is 5.82 Å². The van der Waals surface area contributed by atoms with E-state index in [4.69, 9.17) is 11.6 Å². The van der Waals surface area contributed by atoms with Gasteiger partial charge in [0.1, 0.15) is 5.82 Å². The summed E-state index contributed by atoms with van der Waals surface area (Å²) in [6, 6.07) is 7.24. The largest absolute Gasteiger partial charge is 0.394 e. The number of pyridine rings is 2. The van der Waals surface area contributed by atoms with Crippen molar-refractivity contribution in [3.05, 3.63) is 77.0 Å². The molecular weight excluding hydrogens is 419 g/mol. The van der Waals surface area contributed by atoms with Crippen molar-refractivity contribution >= 4 is 35.0 Å². The first kappa shape index (κ1) is 22.4. The highest BCUT2D eigenvalue weighted by atomic mass is 35.5. The quantitative estimate of drug-likeness (QED) is 0.490. The first-order chi connectivity index (χ1) is 14.9. The van der Waals surface area contributed by atoms with E-state index in [0.717, 1.165) is 5.56 Å². The number of hydrogen-bond acceptors (Lipinski definition) is 5. The number of nitrogens with zero attached hydrogens (tertiary/aromatic N) is 2. The molecule has 2 aromatic heterocycles. The van der Waals surface area contributed by atoms with E-state index < -0.39 is 11.9 Å². The molecule has 1 atom stereocenters. The third kappa shape index (κ3) is 5.45. The van der Waals surface area contributed by atoms with Crippen LogP contribution in [0.25, 0.3) is 17.3 Å². The molecule has 3 N–H and O–H groups in total. The van der Waals surface area contributed by atoms with Crippen LogP contribution in [-0.2, 0) is 0 Å². The Morgan fingerprint density at radius 2 is 2.06 bits per heavy atom. The summed E-state index contributed by atoms with van der Waals surface area (Å²) in [6.07, 6.45) is 8.32. The van der Waals surface area contributed by atoms with E-state index in [1.165, 1.54) is 24.4 Å². The third-order valence-corrected chi connectivity index (χ3v) is 4.71. The van der Waals surface area contributed by atoms with Crippen molar-refractivity contribution in [2.24, 2.45) is 0 Å². The van der Waals surface area contributed by atoms with E-state index in [2.05, 4.69) is 20.6 Å². The van der Waals surface area contributed by atoms with Crippen LogP contribution in [0.4, 0.5) is 15.8 Å². The molecule has 160 valence electrons. The van der Waals surface area contributed by atoms with Crippen molar-refractivity contribution < 1.29 is 14.3 Å². The SMILES string of the molecule is CC=Cc1cnc(-c2cc(Cl)ccc2F)cc1Nc1ccncc1C(=O)N[C@@H](C)CO. The van der Waals surface area contributed by atoms with Crippen LogP contribution >= 0.6 is 11.6 Å². The standard InChI is InChI=1S/C23H22ClFN4O2/c1-3-4-15-11-27-22(17-9-16(24)5-6-19(17)25)10-21(15)29-20-7-8-26-12-18(20)23(31)28-14(2)13-30/h3-12,14,30H,13H2,1-2H3,(H,28,31)(H,26,27,29)/t14-/m0/s1. The van der Waals surface area contributed by atoms with Gasteiger partial charge in [-0.05, 0) is 44.2 Å². The Bertz CT molecular complexity index is 1120. The van der Waals surface area contributed by atoms with Crippen molar-refractivity contribution in [3.63, 3.8) is 0 Å². The number of nitrogens with one attached hydrogen (secondary N) is 2. The minimum atomic E-state index is -0.441. The molecule has 1 amide bonds. The number of amides is 1. The Labute approximate surface area is 184 Å². The number of halogens is 2. The monoisotopic (exact) mass is 440 g/mol. The Kier molecular flexibility index (Phi) is 7.33. The van der Waals surface area contributed by atoms with E-state index in [0.29, 0.717) is 27.7 Å². The van der Waals surface area contributed by atoms with E-state index in [-0.39, 0.29) is 18.1 Å². The summed E-state index contributed by atoms with van der Waals surface area (Å²) in [6.45, 7) is 3.38. The van der Waals surface area contributed by atoms with Crippen LogP contribution in [0.15, 0.2) is 55.0 Å². The average molecular weight is 441 g/mol. The van der Waals surface area contributed by atoms with Gasteiger partial charge in [-0.25, -0.2) is 4.39 Å². The second-order valence-corrected chi connectivity index (χ2v) is 7.32. The van der Waals surface area contributed by atoms with Gasteiger partial charge in [-0.1, -0.05) is 23.8 Å². The lowest BCUT2D eigenvalue weighted by Gasteiger charge is -2.16. The van der Waals surface area contributed by atoms with Gasteiger partial charge in [0.25, 0.3) is 5.91 Å². The van der Waals surface area contributed by atoms with Crippen molar-refractivity contribution in [3.8, 4) is 11.3 Å². The first-order valence-electron chi connectivity index (χ1n) is 9.63. The zero-order valence-corrected chi connectivity index (χ0v) is 17.8. The fraction of sp³-hybridized carbons (Fsp3) is 0.174. The number of rotatable bonds is 7. The average Bonchev–Trinajstić information content (AvgIpc) is 2.77. The maximum atomic E-state index is 14.4. The lowest BCUT2D eigenvalue weighted by Crippen LogP contribution is -2.35. The maximum absolute atomic E-state index is 14.4. The number of hydrogen-bond donors (Lipinski definition) is 3. The molecule has 31 heavy (non-hydrogen) atoms. The summed E-state index contributed by atoms with van der Waals surface area (Å²) in [7, 11) is 0. The summed E-state index contributed by atoms with van der Waals surface area (Å²) in [5.41, 5.74) is 2.85. The van der Waals surface area contributed by atoms with E-state index in [1.807, 2.05) is 19.1 Å². The second-order valence-electron chi connectivity index (χ2n) is 6.88. The molecule has 1 aromatic carbocycles. The van der Waals surface area contributed by atoms with Gasteiger partial charge in [0.15, 0.2) is 0 Å². The third-order valence-electron chi connectivity index (χ3n) is 4.47. The van der Waals surface area contributed by atoms with Crippen molar-refractivity contribution in [1.29, 1.82) is 0 Å². The molecule has 3 aromatic rings. The zero-order chi connectivity index (χ0) is 22.4. The number of anilines is 2. The van der Waals surface area contributed by atoms with Crippen molar-refractivity contribution in [2.45, 2.75) is 19.9 Å². The molecule has 3 rings (SSSR count). The molecule has 0 aliphatic heterocycles. The number of aromatic nitrogens is 2. The maximum Gasteiger partial charge on any atom is 0.255 e. The van der Waals surface area contributed by atoms with Crippen molar-refractivity contribution in [1.82, 2.24) is 15.3 Å². The molecule has 6 nitrogen and oxygen atoms in total. The van der Waals surface area contributed by atoms with Gasteiger partial charge in [0.2, 0.25) is 0 Å². The van der Waals surface area contributed by atoms with Gasteiger partial charge >= 0.3 is 0 Å². The van der Waals surface area contributed by atoms with Gasteiger partial charge < -0.3 is 15.7 Å². The van der Waals surface area contributed by atoms with Crippen LogP contribution in [0.3, 0.4) is 0 Å². The molecule has 0 unspecified atom stereocenters. The molecular formula is C23H22ClFN4O2. The topological polar surface area (TPSA) is 87.1 Å². The highest BCUT2D eigenvalue weighted by molar-refractivity contribution is 6.30. The number of carbonyl (C=O) groups excluding carboxylic acids is 1. The minimum absolute atomic E-state index is 0.181. The highest BCUT2D eigenvalue weighted by Gasteiger charge is 2.16. The molecule has 0 fully saturated rings. The summed E-state index contributed by atoms with van der Waals surface area (Å²) < 4.78 is 14.4. The van der Waals surface area contributed by atoms with E-state index in [9.17, 15) is 14.3 Å². The first-order valence-corrected chi connectivity index (χ1v) is 10.0. The van der Waals surface area contributed by atoms with Gasteiger partial charge in [-0.15, -0.1) is 0 Å². The predicted molar refractivity (Wildman–Crippen MR) is 121 cm³/mol. The van der Waals surface area contributed by atoms with Gasteiger partial charge in [-0.2, -0.15) is 0 Å². The summed E-state index contributed by atoms with van der Waals surface area (Å²) in [5, 5.41) is 15.5. The molecule has 0 aliphatic carbocycles. The zero-order valence-electron chi connectivity index (χ0n) is 17.1. The van der Waals surface area contributed by atoms with Crippen molar-refractivity contribution in [2.75, 3.05) is 11.9 Å². The predicted octanol–water partition coefficient (Wildman–Crippen LogP) is 4.82. The van der Waals surface area contributed by atoms with E-state index in [1.54, 1.807) is 31.5 Å². The molecule has 0 radical (unpaired) electrons. The number of benzene rings is 1. The number of allylic oxidation sites excluding steroid dienone is 1. The summed E-state index contributed by atoms with van der Waals surface area (Å²) in [4.78, 5) is 21.0. The number of aliphatic hydroxyl groups is 1. The minimum Gasteiger partial charge on any atom is -0.394 e. The number of aliphatic hydroxyl groups excluding tert-OH is 1. The number of carbonyl (C=O) groups is 1. The molecule has 0 saturated heterocycles. The summed E-state index contributed by atoms with van der Waals surface area (Å²) in [5.74, 6) is -0.816. The molecule has 0 saturated carbocycles. The van der Waals surface area contributed by atoms with Gasteiger partial charge in [-0.3, -0.25) is 14.8 Å². The highest BCUT2D eigenvalue weighted by Crippen LogP contribution is 2.30. The Morgan fingerprint density at radius 3 is 2.81 bits per heavy atom.